The maximum Gasteiger partial charge on any atom is -0.00973 e. The molecule has 1 unspecified atom stereocenters. The van der Waals surface area contributed by atoms with Crippen LogP contribution in [0, 0.1) is 0 Å². The minimum Gasteiger partial charge on any atom is -0.134 e. The number of rotatable bonds is 3. The topological polar surface area (TPSA) is 0 Å². The molecule has 0 bridgehead atoms. The van der Waals surface area contributed by atoms with Crippen LogP contribution in [0.15, 0.2) is 42.5 Å². The summed E-state index contributed by atoms with van der Waals surface area (Å²) in [5.41, 5.74) is 1.38. The van der Waals surface area contributed by atoms with E-state index < -0.39 is 0 Å². The first kappa shape index (κ1) is 8.49. The number of hydrogen-bond donors (Lipinski definition) is 0. The van der Waals surface area contributed by atoms with Gasteiger partial charge in [0, 0.05) is 0 Å². The van der Waals surface area contributed by atoms with Crippen molar-refractivity contribution in [3.8, 4) is 0 Å². The quantitative estimate of drug-likeness (QED) is 0.476. The summed E-state index contributed by atoms with van der Waals surface area (Å²) in [6, 6.07) is 10.5. The van der Waals surface area contributed by atoms with Gasteiger partial charge in [-0.2, -0.15) is 0 Å². The molecule has 0 fully saturated rings. The molecule has 1 heteroatoms. The molecular weight excluding hydrogens is 151 g/mol. The van der Waals surface area contributed by atoms with E-state index in [9.17, 15) is 0 Å². The van der Waals surface area contributed by atoms with Crippen LogP contribution >= 0.6 is 9.24 Å². The summed E-state index contributed by atoms with van der Waals surface area (Å²) in [6.07, 6.45) is 6.46. The summed E-state index contributed by atoms with van der Waals surface area (Å²) < 4.78 is 0. The number of allylic oxidation sites excluding steroid dienone is 2. The van der Waals surface area contributed by atoms with Gasteiger partial charge < -0.3 is 0 Å². The largest absolute Gasteiger partial charge is 0.134 e. The molecule has 0 amide bonds. The molecule has 0 radical (unpaired) electrons. The second-order valence-corrected chi connectivity index (χ2v) is 2.87. The highest BCUT2D eigenvalue weighted by molar-refractivity contribution is 7.16. The van der Waals surface area contributed by atoms with E-state index in [1.54, 1.807) is 0 Å². The minimum absolute atomic E-state index is 1.05. The van der Waals surface area contributed by atoms with Crippen molar-refractivity contribution in [3.05, 3.63) is 48.0 Å². The Morgan fingerprint density at radius 3 is 2.45 bits per heavy atom. The van der Waals surface area contributed by atoms with Crippen LogP contribution in [-0.4, -0.2) is 6.16 Å². The standard InChI is InChI=1S/C10H13P/c11-9-5-4-8-10-6-2-1-3-7-10/h1-7H,8-9,11H2. The highest BCUT2D eigenvalue weighted by atomic mass is 31.0. The monoisotopic (exact) mass is 164 g/mol. The Hall–Kier alpha value is -0.610. The van der Waals surface area contributed by atoms with Crippen molar-refractivity contribution in [3.63, 3.8) is 0 Å². The second-order valence-electron chi connectivity index (χ2n) is 2.40. The van der Waals surface area contributed by atoms with E-state index in [2.05, 4.69) is 45.7 Å². The fraction of sp³-hybridized carbons (Fsp3) is 0.200. The normalized spacial score (nSPS) is 10.6. The van der Waals surface area contributed by atoms with Gasteiger partial charge >= 0.3 is 0 Å². The first-order chi connectivity index (χ1) is 5.43. The van der Waals surface area contributed by atoms with E-state index in [-0.39, 0.29) is 0 Å². The Balaban J connectivity index is 2.45. The first-order valence-electron chi connectivity index (χ1n) is 3.82. The molecule has 0 saturated heterocycles. The van der Waals surface area contributed by atoms with E-state index in [1.807, 2.05) is 6.07 Å². The summed E-state index contributed by atoms with van der Waals surface area (Å²) in [5, 5.41) is 0. The molecule has 1 atom stereocenters. The van der Waals surface area contributed by atoms with Gasteiger partial charge in [-0.25, -0.2) is 0 Å². The van der Waals surface area contributed by atoms with Gasteiger partial charge in [-0.1, -0.05) is 42.5 Å². The lowest BCUT2D eigenvalue weighted by Gasteiger charge is -1.92. The van der Waals surface area contributed by atoms with Crippen molar-refractivity contribution in [1.82, 2.24) is 0 Å². The second kappa shape index (κ2) is 5.09. The van der Waals surface area contributed by atoms with Crippen molar-refractivity contribution >= 4 is 9.24 Å². The first-order valence-corrected chi connectivity index (χ1v) is 4.64. The molecule has 58 valence electrons. The fourth-order valence-electron chi connectivity index (χ4n) is 0.930. The Morgan fingerprint density at radius 2 is 1.82 bits per heavy atom. The van der Waals surface area contributed by atoms with Gasteiger partial charge in [-0.05, 0) is 18.1 Å². The lowest BCUT2D eigenvalue weighted by Crippen LogP contribution is -1.77. The van der Waals surface area contributed by atoms with Crippen molar-refractivity contribution < 1.29 is 0 Å². The fourth-order valence-corrected chi connectivity index (χ4v) is 1.12. The van der Waals surface area contributed by atoms with E-state index in [1.165, 1.54) is 5.56 Å². The van der Waals surface area contributed by atoms with Gasteiger partial charge in [0.05, 0.1) is 0 Å². The third kappa shape index (κ3) is 3.34. The molecule has 1 aromatic carbocycles. The number of benzene rings is 1. The summed E-state index contributed by atoms with van der Waals surface area (Å²) in [7, 11) is 2.68. The predicted molar refractivity (Wildman–Crippen MR) is 53.9 cm³/mol. The highest BCUT2D eigenvalue weighted by Gasteiger charge is 1.83. The highest BCUT2D eigenvalue weighted by Crippen LogP contribution is 2.00. The van der Waals surface area contributed by atoms with Gasteiger partial charge in [0.1, 0.15) is 0 Å². The van der Waals surface area contributed by atoms with Gasteiger partial charge in [0.25, 0.3) is 0 Å². The van der Waals surface area contributed by atoms with Crippen LogP contribution in [0.4, 0.5) is 0 Å². The molecule has 0 spiro atoms. The molecule has 1 aromatic rings. The molecule has 0 N–H and O–H groups in total. The zero-order valence-corrected chi connectivity index (χ0v) is 7.69. The molecule has 0 heterocycles. The van der Waals surface area contributed by atoms with Crippen LogP contribution in [0.1, 0.15) is 5.56 Å². The molecule has 1 rings (SSSR count). The maximum absolute atomic E-state index is 2.68. The predicted octanol–water partition coefficient (Wildman–Crippen LogP) is 2.66. The lowest BCUT2D eigenvalue weighted by atomic mass is 10.1. The molecule has 0 aliphatic carbocycles. The van der Waals surface area contributed by atoms with Gasteiger partial charge in [-0.3, -0.25) is 0 Å². The minimum atomic E-state index is 1.05. The lowest BCUT2D eigenvalue weighted by molar-refractivity contribution is 1.26. The van der Waals surface area contributed by atoms with Crippen LogP contribution in [0.2, 0.25) is 0 Å². The summed E-state index contributed by atoms with van der Waals surface area (Å²) >= 11 is 0. The van der Waals surface area contributed by atoms with E-state index in [0.717, 1.165) is 12.6 Å². The van der Waals surface area contributed by atoms with Gasteiger partial charge in [0.2, 0.25) is 0 Å². The summed E-state index contributed by atoms with van der Waals surface area (Å²) in [5.74, 6) is 0. The molecule has 0 nitrogen and oxygen atoms in total. The number of hydrogen-bond acceptors (Lipinski definition) is 0. The van der Waals surface area contributed by atoms with Crippen LogP contribution < -0.4 is 0 Å². The smallest absolute Gasteiger partial charge is 0.00973 e. The summed E-state index contributed by atoms with van der Waals surface area (Å²) in [4.78, 5) is 0. The van der Waals surface area contributed by atoms with Crippen molar-refractivity contribution in [1.29, 1.82) is 0 Å². The summed E-state index contributed by atoms with van der Waals surface area (Å²) in [6.45, 7) is 0. The average molecular weight is 164 g/mol. The molecular formula is C10H13P. The third-order valence-electron chi connectivity index (χ3n) is 1.50. The van der Waals surface area contributed by atoms with Crippen molar-refractivity contribution in [2.45, 2.75) is 6.42 Å². The SMILES string of the molecule is PCC=CCc1ccccc1. The molecule has 0 aromatic heterocycles. The third-order valence-corrected chi connectivity index (χ3v) is 1.77. The van der Waals surface area contributed by atoms with E-state index in [0.29, 0.717) is 0 Å². The Bertz CT molecular complexity index is 214. The molecule has 0 aliphatic rings. The van der Waals surface area contributed by atoms with Crippen molar-refractivity contribution in [2.24, 2.45) is 0 Å². The molecule has 11 heavy (non-hydrogen) atoms. The van der Waals surface area contributed by atoms with Crippen LogP contribution in [0.25, 0.3) is 0 Å². The maximum atomic E-state index is 2.68. The Kier molecular flexibility index (Phi) is 3.93. The Labute approximate surface area is 70.5 Å². The zero-order valence-electron chi connectivity index (χ0n) is 6.53. The van der Waals surface area contributed by atoms with Crippen LogP contribution in [0.5, 0.6) is 0 Å². The Morgan fingerprint density at radius 1 is 1.09 bits per heavy atom. The average Bonchev–Trinajstić information content (AvgIpc) is 2.07. The van der Waals surface area contributed by atoms with Gasteiger partial charge in [0.15, 0.2) is 0 Å². The molecule has 0 saturated carbocycles. The van der Waals surface area contributed by atoms with E-state index in [4.69, 9.17) is 0 Å². The van der Waals surface area contributed by atoms with Crippen molar-refractivity contribution in [2.75, 3.05) is 6.16 Å². The molecule has 0 aliphatic heterocycles. The van der Waals surface area contributed by atoms with Gasteiger partial charge in [-0.15, -0.1) is 9.24 Å². The van der Waals surface area contributed by atoms with Crippen LogP contribution in [0.3, 0.4) is 0 Å². The van der Waals surface area contributed by atoms with Crippen LogP contribution in [-0.2, 0) is 6.42 Å². The zero-order chi connectivity index (χ0) is 7.94. The van der Waals surface area contributed by atoms with E-state index >= 15 is 0 Å².